The molecule has 6 heteroatoms. The van der Waals surface area contributed by atoms with Gasteiger partial charge in [-0.15, -0.1) is 0 Å². The summed E-state index contributed by atoms with van der Waals surface area (Å²) in [5, 5.41) is 23.3. The number of unbranched alkanes of at least 4 members (excludes halogenated alkanes) is 45. The van der Waals surface area contributed by atoms with Gasteiger partial charge in [-0.3, -0.25) is 9.59 Å². The van der Waals surface area contributed by atoms with E-state index >= 15 is 0 Å². The highest BCUT2D eigenvalue weighted by atomic mass is 16.5. The Hall–Kier alpha value is -1.66. The molecule has 0 aromatic carbocycles. The quantitative estimate of drug-likeness (QED) is 0.0320. The average molecular weight is 1000 g/mol. The van der Waals surface area contributed by atoms with Crippen LogP contribution in [0.1, 0.15) is 354 Å². The zero-order chi connectivity index (χ0) is 51.4. The number of amides is 1. The minimum atomic E-state index is -0.668. The minimum absolute atomic E-state index is 0.00913. The number of hydrogen-bond donors (Lipinski definition) is 3. The lowest BCUT2D eigenvalue weighted by Gasteiger charge is -2.22. The number of nitrogens with one attached hydrogen (secondary N) is 1. The number of aliphatic hydroxyl groups is 2. The Morgan fingerprint density at radius 2 is 0.704 bits per heavy atom. The molecule has 0 aliphatic rings. The first-order chi connectivity index (χ1) is 35.0. The molecule has 0 aromatic rings. The Balaban J connectivity index is 3.44. The number of esters is 1. The van der Waals surface area contributed by atoms with Gasteiger partial charge in [0.25, 0.3) is 0 Å². The second-order valence-electron chi connectivity index (χ2n) is 22.1. The molecular formula is C65H125NO5. The van der Waals surface area contributed by atoms with Gasteiger partial charge in [-0.1, -0.05) is 308 Å². The van der Waals surface area contributed by atoms with Crippen molar-refractivity contribution in [3.8, 4) is 0 Å². The molecular weight excluding hydrogens is 875 g/mol. The molecule has 0 saturated carbocycles. The highest BCUT2D eigenvalue weighted by Crippen LogP contribution is 2.18. The Kier molecular flexibility index (Phi) is 59.5. The van der Waals surface area contributed by atoms with E-state index in [1.165, 1.54) is 276 Å². The smallest absolute Gasteiger partial charge is 0.305 e. The first-order valence-corrected chi connectivity index (χ1v) is 32.1. The van der Waals surface area contributed by atoms with Gasteiger partial charge >= 0.3 is 5.97 Å². The van der Waals surface area contributed by atoms with E-state index in [-0.39, 0.29) is 18.5 Å². The molecule has 420 valence electrons. The van der Waals surface area contributed by atoms with Crippen molar-refractivity contribution >= 4 is 11.9 Å². The Morgan fingerprint density at radius 1 is 0.394 bits per heavy atom. The van der Waals surface area contributed by atoms with Gasteiger partial charge in [0.2, 0.25) is 5.91 Å². The van der Waals surface area contributed by atoms with E-state index in [0.29, 0.717) is 25.9 Å². The SMILES string of the molecule is CCCCCCCCCCCCCCCCCCCCC(O)C(CO)NC(=O)CCCCCCCCCCC/C=C\C/C=C\CCCCCCCCCCCOC(=O)CCCCCCCCCCCCC. The van der Waals surface area contributed by atoms with Crippen LogP contribution in [0.25, 0.3) is 0 Å². The summed E-state index contributed by atoms with van der Waals surface area (Å²) in [6.07, 6.45) is 74.8. The Morgan fingerprint density at radius 3 is 1.07 bits per heavy atom. The number of allylic oxidation sites excluding steroid dienone is 4. The zero-order valence-electron chi connectivity index (χ0n) is 48.0. The third-order valence-corrected chi connectivity index (χ3v) is 15.0. The number of hydrogen-bond acceptors (Lipinski definition) is 5. The standard InChI is InChI=1S/C65H125NO5/c1-3-5-7-9-11-13-15-16-17-18-28-31-34-38-41-45-49-53-57-63(68)62(61-67)66-64(69)58-54-50-46-42-39-35-32-29-26-24-22-20-19-21-23-25-27-30-33-36-40-44-48-52-56-60-71-65(70)59-55-51-47-43-37-14-12-10-8-6-4-2/h20-23,62-63,67-68H,3-19,24-61H2,1-2H3,(H,66,69)/b22-20-,23-21-. The number of ether oxygens (including phenoxy) is 1. The summed E-state index contributed by atoms with van der Waals surface area (Å²) < 4.78 is 5.46. The summed E-state index contributed by atoms with van der Waals surface area (Å²) in [5.74, 6) is -0.0290. The molecule has 1 amide bonds. The van der Waals surface area contributed by atoms with Gasteiger partial charge in [0, 0.05) is 12.8 Å². The second kappa shape index (κ2) is 60.9. The van der Waals surface area contributed by atoms with E-state index in [4.69, 9.17) is 4.74 Å². The van der Waals surface area contributed by atoms with Crippen LogP contribution in [0.5, 0.6) is 0 Å². The van der Waals surface area contributed by atoms with E-state index in [1.54, 1.807) is 0 Å². The number of rotatable bonds is 60. The molecule has 0 rings (SSSR count). The molecule has 2 atom stereocenters. The van der Waals surface area contributed by atoms with Crippen LogP contribution in [0.4, 0.5) is 0 Å². The fourth-order valence-electron chi connectivity index (χ4n) is 10.1. The van der Waals surface area contributed by atoms with E-state index in [9.17, 15) is 19.8 Å². The average Bonchev–Trinajstić information content (AvgIpc) is 3.37. The summed E-state index contributed by atoms with van der Waals surface area (Å²) in [6.45, 7) is 4.97. The maximum atomic E-state index is 12.5. The highest BCUT2D eigenvalue weighted by Gasteiger charge is 2.20. The van der Waals surface area contributed by atoms with Crippen LogP contribution >= 0.6 is 0 Å². The van der Waals surface area contributed by atoms with Crippen molar-refractivity contribution in [3.63, 3.8) is 0 Å². The summed E-state index contributed by atoms with van der Waals surface area (Å²) >= 11 is 0. The molecule has 0 aromatic heterocycles. The van der Waals surface area contributed by atoms with Gasteiger partial charge in [-0.25, -0.2) is 0 Å². The monoisotopic (exact) mass is 1000 g/mol. The van der Waals surface area contributed by atoms with E-state index in [2.05, 4.69) is 43.5 Å². The van der Waals surface area contributed by atoms with Crippen molar-refractivity contribution < 1.29 is 24.5 Å². The van der Waals surface area contributed by atoms with Crippen molar-refractivity contribution in [1.82, 2.24) is 5.32 Å². The minimum Gasteiger partial charge on any atom is -0.466 e. The first kappa shape index (κ1) is 69.3. The Labute approximate surface area is 443 Å². The summed E-state index contributed by atoms with van der Waals surface area (Å²) in [6, 6.07) is -0.546. The van der Waals surface area contributed by atoms with Gasteiger partial charge < -0.3 is 20.3 Å². The molecule has 0 saturated heterocycles. The fourth-order valence-corrected chi connectivity index (χ4v) is 10.1. The van der Waals surface area contributed by atoms with Crippen LogP contribution in [0.15, 0.2) is 24.3 Å². The van der Waals surface area contributed by atoms with Crippen LogP contribution in [0.2, 0.25) is 0 Å². The van der Waals surface area contributed by atoms with Crippen molar-refractivity contribution in [2.24, 2.45) is 0 Å². The van der Waals surface area contributed by atoms with Crippen LogP contribution in [0.3, 0.4) is 0 Å². The van der Waals surface area contributed by atoms with Crippen LogP contribution in [-0.2, 0) is 14.3 Å². The second-order valence-corrected chi connectivity index (χ2v) is 22.1. The third-order valence-electron chi connectivity index (χ3n) is 15.0. The fraction of sp³-hybridized carbons (Fsp3) is 0.908. The molecule has 3 N–H and O–H groups in total. The van der Waals surface area contributed by atoms with Gasteiger partial charge in [-0.05, 0) is 57.8 Å². The van der Waals surface area contributed by atoms with Gasteiger partial charge in [0.1, 0.15) is 0 Å². The number of carbonyl (C=O) groups is 2. The predicted octanol–water partition coefficient (Wildman–Crippen LogP) is 20.2. The lowest BCUT2D eigenvalue weighted by Crippen LogP contribution is -2.45. The first-order valence-electron chi connectivity index (χ1n) is 32.1. The zero-order valence-corrected chi connectivity index (χ0v) is 48.0. The normalized spacial score (nSPS) is 12.7. The Bertz CT molecular complexity index is 1110. The lowest BCUT2D eigenvalue weighted by atomic mass is 10.0. The molecule has 0 spiro atoms. The summed E-state index contributed by atoms with van der Waals surface area (Å²) in [5.41, 5.74) is 0. The molecule has 6 nitrogen and oxygen atoms in total. The molecule has 71 heavy (non-hydrogen) atoms. The maximum Gasteiger partial charge on any atom is 0.305 e. The molecule has 0 aliphatic heterocycles. The summed E-state index contributed by atoms with van der Waals surface area (Å²) in [7, 11) is 0. The van der Waals surface area contributed by atoms with Gasteiger partial charge in [0.15, 0.2) is 0 Å². The molecule has 0 radical (unpaired) electrons. The van der Waals surface area contributed by atoms with Crippen LogP contribution in [-0.4, -0.2) is 47.4 Å². The molecule has 0 aliphatic carbocycles. The van der Waals surface area contributed by atoms with Crippen molar-refractivity contribution in [2.75, 3.05) is 13.2 Å². The van der Waals surface area contributed by atoms with E-state index < -0.39 is 12.1 Å². The maximum absolute atomic E-state index is 12.5. The number of aliphatic hydroxyl groups excluding tert-OH is 2. The van der Waals surface area contributed by atoms with Gasteiger partial charge in [-0.2, -0.15) is 0 Å². The van der Waals surface area contributed by atoms with Crippen molar-refractivity contribution in [3.05, 3.63) is 24.3 Å². The predicted molar refractivity (Wildman–Crippen MR) is 310 cm³/mol. The lowest BCUT2D eigenvalue weighted by molar-refractivity contribution is -0.143. The largest absolute Gasteiger partial charge is 0.466 e. The highest BCUT2D eigenvalue weighted by molar-refractivity contribution is 5.76. The van der Waals surface area contributed by atoms with E-state index in [0.717, 1.165) is 44.9 Å². The third kappa shape index (κ3) is 57.5. The van der Waals surface area contributed by atoms with Crippen molar-refractivity contribution in [1.29, 1.82) is 0 Å². The molecule has 0 heterocycles. The van der Waals surface area contributed by atoms with Gasteiger partial charge in [0.05, 0.1) is 25.4 Å². The molecule has 0 fully saturated rings. The van der Waals surface area contributed by atoms with Crippen LogP contribution < -0.4 is 5.32 Å². The molecule has 2 unspecified atom stereocenters. The van der Waals surface area contributed by atoms with Crippen molar-refractivity contribution in [2.45, 2.75) is 366 Å². The summed E-state index contributed by atoms with van der Waals surface area (Å²) in [4.78, 5) is 24.5. The topological polar surface area (TPSA) is 95.9 Å². The van der Waals surface area contributed by atoms with Crippen LogP contribution in [0, 0.1) is 0 Å². The number of carbonyl (C=O) groups excluding carboxylic acids is 2. The van der Waals surface area contributed by atoms with E-state index in [1.807, 2.05) is 0 Å². The molecule has 0 bridgehead atoms.